The summed E-state index contributed by atoms with van der Waals surface area (Å²) in [5.41, 5.74) is 1.66. The Kier molecular flexibility index (Phi) is 4.40. The van der Waals surface area contributed by atoms with Gasteiger partial charge in [-0.1, -0.05) is 26.0 Å². The molecule has 3 heteroatoms. The Bertz CT molecular complexity index is 435. The summed E-state index contributed by atoms with van der Waals surface area (Å²) in [5, 5.41) is 13.2. The van der Waals surface area contributed by atoms with Crippen LogP contribution in [0.5, 0.6) is 5.75 Å². The summed E-state index contributed by atoms with van der Waals surface area (Å²) in [5.74, 6) is 0.338. The van der Waals surface area contributed by atoms with Gasteiger partial charge in [0, 0.05) is 30.7 Å². The molecule has 20 heavy (non-hydrogen) atoms. The molecule has 1 heterocycles. The van der Waals surface area contributed by atoms with Crippen LogP contribution in [0.1, 0.15) is 46.1 Å². The first kappa shape index (κ1) is 15.3. The van der Waals surface area contributed by atoms with E-state index in [0.29, 0.717) is 5.75 Å². The van der Waals surface area contributed by atoms with E-state index in [1.807, 2.05) is 12.1 Å². The van der Waals surface area contributed by atoms with Crippen molar-refractivity contribution < 1.29 is 5.11 Å². The monoisotopic (exact) mass is 276 g/mol. The Balaban J connectivity index is 2.15. The molecule has 0 atom stereocenters. The number of phenols is 1. The van der Waals surface area contributed by atoms with Crippen molar-refractivity contribution >= 4 is 0 Å². The first-order valence-corrected chi connectivity index (χ1v) is 7.69. The van der Waals surface area contributed by atoms with Gasteiger partial charge in [-0.3, -0.25) is 4.90 Å². The van der Waals surface area contributed by atoms with Gasteiger partial charge in [0.1, 0.15) is 5.75 Å². The third-order valence-corrected chi connectivity index (χ3v) is 4.91. The zero-order chi connectivity index (χ0) is 14.8. The number of rotatable bonds is 4. The zero-order valence-electron chi connectivity index (χ0n) is 13.2. The van der Waals surface area contributed by atoms with Crippen molar-refractivity contribution in [2.24, 2.45) is 0 Å². The van der Waals surface area contributed by atoms with Crippen molar-refractivity contribution in [3.05, 3.63) is 29.8 Å². The molecule has 1 saturated heterocycles. The topological polar surface area (TPSA) is 35.5 Å². The molecule has 0 saturated carbocycles. The Morgan fingerprint density at radius 2 is 1.75 bits per heavy atom. The maximum atomic E-state index is 9.40. The van der Waals surface area contributed by atoms with Crippen LogP contribution >= 0.6 is 0 Å². The predicted molar refractivity (Wildman–Crippen MR) is 83.9 cm³/mol. The summed E-state index contributed by atoms with van der Waals surface area (Å²) in [4.78, 5) is 2.57. The molecule has 1 aliphatic rings. The van der Waals surface area contributed by atoms with Crippen LogP contribution in [0.15, 0.2) is 24.3 Å². The average Bonchev–Trinajstić information content (AvgIpc) is 2.44. The normalized spacial score (nSPS) is 21.8. The highest BCUT2D eigenvalue weighted by Gasteiger charge is 2.40. The molecule has 0 aromatic heterocycles. The van der Waals surface area contributed by atoms with Crippen molar-refractivity contribution in [2.45, 2.75) is 58.2 Å². The van der Waals surface area contributed by atoms with E-state index in [-0.39, 0.29) is 11.1 Å². The van der Waals surface area contributed by atoms with Crippen molar-refractivity contribution in [3.63, 3.8) is 0 Å². The Morgan fingerprint density at radius 1 is 1.15 bits per heavy atom. The van der Waals surface area contributed by atoms with Crippen LogP contribution in [0, 0.1) is 0 Å². The number of benzene rings is 1. The van der Waals surface area contributed by atoms with Gasteiger partial charge in [0.15, 0.2) is 0 Å². The standard InChI is InChI=1S/C17H28N2O/c1-5-17(6-2)13-19(16(3,4)12-18-17)11-14-7-9-15(20)10-8-14/h7-10,18,20H,5-6,11-13H2,1-4H3. The maximum absolute atomic E-state index is 9.40. The molecule has 0 radical (unpaired) electrons. The van der Waals surface area contributed by atoms with E-state index < -0.39 is 0 Å². The van der Waals surface area contributed by atoms with Crippen LogP contribution in [-0.2, 0) is 6.54 Å². The second-order valence-corrected chi connectivity index (χ2v) is 6.68. The summed E-state index contributed by atoms with van der Waals surface area (Å²) in [6, 6.07) is 7.59. The smallest absolute Gasteiger partial charge is 0.115 e. The third-order valence-electron chi connectivity index (χ3n) is 4.91. The van der Waals surface area contributed by atoms with Crippen LogP contribution in [0.3, 0.4) is 0 Å². The molecule has 1 fully saturated rings. The molecule has 1 aromatic carbocycles. The lowest BCUT2D eigenvalue weighted by Gasteiger charge is -2.52. The fourth-order valence-electron chi connectivity index (χ4n) is 2.97. The van der Waals surface area contributed by atoms with Gasteiger partial charge < -0.3 is 10.4 Å². The van der Waals surface area contributed by atoms with Crippen molar-refractivity contribution in [2.75, 3.05) is 13.1 Å². The van der Waals surface area contributed by atoms with Gasteiger partial charge >= 0.3 is 0 Å². The van der Waals surface area contributed by atoms with Crippen LogP contribution in [0.2, 0.25) is 0 Å². The largest absolute Gasteiger partial charge is 0.508 e. The second kappa shape index (κ2) is 5.74. The molecule has 0 amide bonds. The van der Waals surface area contributed by atoms with Gasteiger partial charge in [-0.25, -0.2) is 0 Å². The lowest BCUT2D eigenvalue weighted by Crippen LogP contribution is -2.67. The highest BCUT2D eigenvalue weighted by molar-refractivity contribution is 5.26. The minimum absolute atomic E-state index is 0.158. The molecule has 1 aliphatic heterocycles. The fourth-order valence-corrected chi connectivity index (χ4v) is 2.97. The number of piperazine rings is 1. The van der Waals surface area contributed by atoms with Gasteiger partial charge in [-0.05, 0) is 44.4 Å². The lowest BCUT2D eigenvalue weighted by molar-refractivity contribution is 0.0162. The van der Waals surface area contributed by atoms with E-state index in [1.54, 1.807) is 12.1 Å². The Labute approximate surface area is 123 Å². The molecule has 3 nitrogen and oxygen atoms in total. The predicted octanol–water partition coefficient (Wildman–Crippen LogP) is 3.13. The highest BCUT2D eigenvalue weighted by Crippen LogP contribution is 2.29. The Morgan fingerprint density at radius 3 is 2.30 bits per heavy atom. The van der Waals surface area contributed by atoms with Crippen molar-refractivity contribution in [1.82, 2.24) is 10.2 Å². The van der Waals surface area contributed by atoms with Crippen LogP contribution in [-0.4, -0.2) is 34.2 Å². The summed E-state index contributed by atoms with van der Waals surface area (Å²) in [7, 11) is 0. The number of aromatic hydroxyl groups is 1. The zero-order valence-corrected chi connectivity index (χ0v) is 13.2. The SMILES string of the molecule is CCC1(CC)CN(Cc2ccc(O)cc2)C(C)(C)CN1. The molecule has 112 valence electrons. The van der Waals surface area contributed by atoms with Gasteiger partial charge in [-0.15, -0.1) is 0 Å². The van der Waals surface area contributed by atoms with Gasteiger partial charge in [0.25, 0.3) is 0 Å². The van der Waals surface area contributed by atoms with E-state index in [1.165, 1.54) is 5.56 Å². The average molecular weight is 276 g/mol. The van der Waals surface area contributed by atoms with E-state index in [9.17, 15) is 5.11 Å². The number of hydrogen-bond donors (Lipinski definition) is 2. The second-order valence-electron chi connectivity index (χ2n) is 6.68. The summed E-state index contributed by atoms with van der Waals surface area (Å²) in [6.45, 7) is 12.2. The maximum Gasteiger partial charge on any atom is 0.115 e. The quantitative estimate of drug-likeness (QED) is 0.887. The summed E-state index contributed by atoms with van der Waals surface area (Å²) >= 11 is 0. The minimum Gasteiger partial charge on any atom is -0.508 e. The van der Waals surface area contributed by atoms with E-state index in [0.717, 1.165) is 32.5 Å². The lowest BCUT2D eigenvalue weighted by atomic mass is 9.84. The molecule has 0 aliphatic carbocycles. The Hall–Kier alpha value is -1.06. The highest BCUT2D eigenvalue weighted by atomic mass is 16.3. The number of phenolic OH excluding ortho intramolecular Hbond substituents is 1. The van der Waals surface area contributed by atoms with E-state index >= 15 is 0 Å². The first-order valence-electron chi connectivity index (χ1n) is 7.69. The van der Waals surface area contributed by atoms with E-state index in [4.69, 9.17) is 0 Å². The number of nitrogens with one attached hydrogen (secondary N) is 1. The van der Waals surface area contributed by atoms with Crippen LogP contribution < -0.4 is 5.32 Å². The molecule has 2 rings (SSSR count). The molecule has 0 spiro atoms. The molecule has 1 aromatic rings. The summed E-state index contributed by atoms with van der Waals surface area (Å²) < 4.78 is 0. The molecule has 2 N–H and O–H groups in total. The van der Waals surface area contributed by atoms with Crippen molar-refractivity contribution in [1.29, 1.82) is 0 Å². The molecule has 0 unspecified atom stereocenters. The first-order chi connectivity index (χ1) is 9.41. The number of nitrogens with zero attached hydrogens (tertiary/aromatic N) is 1. The van der Waals surface area contributed by atoms with Crippen LogP contribution in [0.4, 0.5) is 0 Å². The molecular weight excluding hydrogens is 248 g/mol. The van der Waals surface area contributed by atoms with Crippen LogP contribution in [0.25, 0.3) is 0 Å². The van der Waals surface area contributed by atoms with Gasteiger partial charge in [-0.2, -0.15) is 0 Å². The third kappa shape index (κ3) is 3.15. The van der Waals surface area contributed by atoms with Gasteiger partial charge in [0.05, 0.1) is 0 Å². The molecule has 0 bridgehead atoms. The van der Waals surface area contributed by atoms with Crippen molar-refractivity contribution in [3.8, 4) is 5.75 Å². The van der Waals surface area contributed by atoms with E-state index in [2.05, 4.69) is 37.9 Å². The minimum atomic E-state index is 0.158. The molecular formula is C17H28N2O. The fraction of sp³-hybridized carbons (Fsp3) is 0.647. The number of hydrogen-bond acceptors (Lipinski definition) is 3. The summed E-state index contributed by atoms with van der Waals surface area (Å²) in [6.07, 6.45) is 2.32. The van der Waals surface area contributed by atoms with Gasteiger partial charge in [0.2, 0.25) is 0 Å².